The summed E-state index contributed by atoms with van der Waals surface area (Å²) in [5.41, 5.74) is 0. The number of halogens is 3. The summed E-state index contributed by atoms with van der Waals surface area (Å²) in [6.45, 7) is 1.39. The summed E-state index contributed by atoms with van der Waals surface area (Å²) in [5.74, 6) is -2.14. The van der Waals surface area contributed by atoms with Crippen molar-refractivity contribution >= 4 is 5.91 Å². The number of alkyl halides is 3. The van der Waals surface area contributed by atoms with E-state index in [1.807, 2.05) is 0 Å². The monoisotopic (exact) mass is 243 g/mol. The van der Waals surface area contributed by atoms with Gasteiger partial charge in [-0.15, -0.1) is 0 Å². The number of carbonyl (C=O) groups excluding carboxylic acids is 1. The maximum absolute atomic E-state index is 11.9. The van der Waals surface area contributed by atoms with E-state index in [1.54, 1.807) is 5.32 Å². The van der Waals surface area contributed by atoms with Gasteiger partial charge < -0.3 is 20.3 Å². The summed E-state index contributed by atoms with van der Waals surface area (Å²) in [7, 11) is 0. The number of carbonyl (C=O) groups is 1. The van der Waals surface area contributed by atoms with Crippen LogP contribution in [0.5, 0.6) is 0 Å². The molecule has 4 atom stereocenters. The molecular weight excluding hydrogens is 231 g/mol. The SMILES string of the molecule is C[C@@H]1O[C@@H](O)C[C@H](NC(=O)C(F)(F)F)[C@H]1O. The zero-order valence-electron chi connectivity index (χ0n) is 8.36. The minimum atomic E-state index is -5.01. The number of amides is 1. The van der Waals surface area contributed by atoms with Crippen LogP contribution in [-0.2, 0) is 9.53 Å². The molecule has 0 aromatic heterocycles. The number of rotatable bonds is 1. The first kappa shape index (κ1) is 13.2. The quantitative estimate of drug-likeness (QED) is 0.581. The van der Waals surface area contributed by atoms with Crippen molar-refractivity contribution in [2.75, 3.05) is 0 Å². The molecule has 16 heavy (non-hydrogen) atoms. The van der Waals surface area contributed by atoms with Crippen molar-refractivity contribution in [2.24, 2.45) is 0 Å². The van der Waals surface area contributed by atoms with E-state index in [1.165, 1.54) is 6.92 Å². The van der Waals surface area contributed by atoms with Gasteiger partial charge in [-0.2, -0.15) is 13.2 Å². The second-order valence-corrected chi connectivity index (χ2v) is 3.60. The van der Waals surface area contributed by atoms with Gasteiger partial charge in [0.1, 0.15) is 6.10 Å². The van der Waals surface area contributed by atoms with E-state index in [-0.39, 0.29) is 6.42 Å². The van der Waals surface area contributed by atoms with E-state index in [0.717, 1.165) is 0 Å². The molecule has 0 aliphatic carbocycles. The molecule has 0 unspecified atom stereocenters. The van der Waals surface area contributed by atoms with Crippen LogP contribution in [0.1, 0.15) is 13.3 Å². The Kier molecular flexibility index (Phi) is 3.76. The lowest BCUT2D eigenvalue weighted by molar-refractivity contribution is -0.207. The lowest BCUT2D eigenvalue weighted by atomic mass is 9.99. The minimum absolute atomic E-state index is 0.284. The van der Waals surface area contributed by atoms with Gasteiger partial charge in [0.25, 0.3) is 0 Å². The Morgan fingerprint density at radius 1 is 1.44 bits per heavy atom. The first-order chi connectivity index (χ1) is 7.21. The summed E-state index contributed by atoms with van der Waals surface area (Å²) in [5, 5.41) is 20.2. The van der Waals surface area contributed by atoms with Gasteiger partial charge in [-0.1, -0.05) is 0 Å². The predicted molar refractivity (Wildman–Crippen MR) is 45.2 cm³/mol. The Morgan fingerprint density at radius 3 is 2.50 bits per heavy atom. The highest BCUT2D eigenvalue weighted by molar-refractivity contribution is 5.82. The fraction of sp³-hybridized carbons (Fsp3) is 0.875. The number of aliphatic hydroxyl groups excluding tert-OH is 2. The maximum Gasteiger partial charge on any atom is 0.471 e. The summed E-state index contributed by atoms with van der Waals surface area (Å²) < 4.78 is 40.6. The van der Waals surface area contributed by atoms with Crippen LogP contribution < -0.4 is 5.32 Å². The number of aliphatic hydroxyl groups is 2. The Morgan fingerprint density at radius 2 is 2.00 bits per heavy atom. The molecule has 1 rings (SSSR count). The Labute approximate surface area is 89.2 Å². The number of hydrogen-bond donors (Lipinski definition) is 3. The fourth-order valence-electron chi connectivity index (χ4n) is 1.46. The van der Waals surface area contributed by atoms with Gasteiger partial charge in [-0.25, -0.2) is 0 Å². The van der Waals surface area contributed by atoms with E-state index in [9.17, 15) is 23.1 Å². The van der Waals surface area contributed by atoms with E-state index < -0.39 is 36.6 Å². The first-order valence-corrected chi connectivity index (χ1v) is 4.61. The van der Waals surface area contributed by atoms with E-state index >= 15 is 0 Å². The van der Waals surface area contributed by atoms with Crippen LogP contribution >= 0.6 is 0 Å². The molecule has 1 amide bonds. The minimum Gasteiger partial charge on any atom is -0.388 e. The van der Waals surface area contributed by atoms with Gasteiger partial charge in [-0.3, -0.25) is 4.79 Å². The summed E-state index contributed by atoms with van der Waals surface area (Å²) in [6, 6.07) is -1.17. The van der Waals surface area contributed by atoms with E-state index in [0.29, 0.717) is 0 Å². The fourth-order valence-corrected chi connectivity index (χ4v) is 1.46. The summed E-state index contributed by atoms with van der Waals surface area (Å²) in [6.07, 6.45) is -8.71. The van der Waals surface area contributed by atoms with Crippen LogP contribution in [0.15, 0.2) is 0 Å². The first-order valence-electron chi connectivity index (χ1n) is 4.61. The molecule has 1 aliphatic rings. The zero-order valence-corrected chi connectivity index (χ0v) is 8.36. The van der Waals surface area contributed by atoms with Crippen molar-refractivity contribution in [2.45, 2.75) is 44.1 Å². The van der Waals surface area contributed by atoms with Crippen molar-refractivity contribution in [3.63, 3.8) is 0 Å². The molecule has 0 aromatic rings. The second kappa shape index (κ2) is 4.56. The molecule has 0 aromatic carbocycles. The molecule has 5 nitrogen and oxygen atoms in total. The van der Waals surface area contributed by atoms with Gasteiger partial charge in [0.05, 0.1) is 12.1 Å². The highest BCUT2D eigenvalue weighted by Gasteiger charge is 2.43. The molecule has 0 radical (unpaired) electrons. The molecule has 0 saturated carbocycles. The van der Waals surface area contributed by atoms with Gasteiger partial charge in [0.15, 0.2) is 6.29 Å². The average molecular weight is 243 g/mol. The lowest BCUT2D eigenvalue weighted by Gasteiger charge is -2.36. The third-order valence-electron chi connectivity index (χ3n) is 2.29. The summed E-state index contributed by atoms with van der Waals surface area (Å²) in [4.78, 5) is 10.6. The van der Waals surface area contributed by atoms with Crippen LogP contribution in [0, 0.1) is 0 Å². The van der Waals surface area contributed by atoms with E-state index in [2.05, 4.69) is 0 Å². The molecule has 8 heteroatoms. The van der Waals surface area contributed by atoms with Crippen LogP contribution in [0.2, 0.25) is 0 Å². The zero-order chi connectivity index (χ0) is 12.5. The number of hydrogen-bond acceptors (Lipinski definition) is 4. The standard InChI is InChI=1S/C8H12F3NO4/c1-3-6(14)4(2-5(13)16-3)12-7(15)8(9,10)11/h3-6,13-14H,2H2,1H3,(H,12,15)/t3-,4-,5+,6-/m0/s1. The summed E-state index contributed by atoms with van der Waals surface area (Å²) >= 11 is 0. The van der Waals surface area contributed by atoms with Crippen molar-refractivity contribution in [1.82, 2.24) is 5.32 Å². The second-order valence-electron chi connectivity index (χ2n) is 3.60. The normalized spacial score (nSPS) is 35.9. The number of nitrogens with one attached hydrogen (secondary N) is 1. The molecule has 1 fully saturated rings. The van der Waals surface area contributed by atoms with Crippen molar-refractivity contribution < 1.29 is 32.9 Å². The third kappa shape index (κ3) is 3.06. The highest BCUT2D eigenvalue weighted by atomic mass is 19.4. The van der Waals surface area contributed by atoms with Crippen LogP contribution in [0.25, 0.3) is 0 Å². The van der Waals surface area contributed by atoms with Crippen LogP contribution in [0.4, 0.5) is 13.2 Å². The Bertz CT molecular complexity index is 270. The maximum atomic E-state index is 11.9. The van der Waals surface area contributed by atoms with Crippen molar-refractivity contribution in [3.05, 3.63) is 0 Å². The topological polar surface area (TPSA) is 78.8 Å². The Hall–Kier alpha value is -0.860. The molecule has 1 saturated heterocycles. The largest absolute Gasteiger partial charge is 0.471 e. The molecule has 0 spiro atoms. The number of ether oxygens (including phenoxy) is 1. The Balaban J connectivity index is 2.62. The van der Waals surface area contributed by atoms with Gasteiger partial charge in [0, 0.05) is 6.42 Å². The molecule has 1 heterocycles. The van der Waals surface area contributed by atoms with Crippen LogP contribution in [-0.4, -0.2) is 46.8 Å². The molecular formula is C8H12F3NO4. The molecule has 94 valence electrons. The lowest BCUT2D eigenvalue weighted by Crippen LogP contribution is -2.56. The van der Waals surface area contributed by atoms with E-state index in [4.69, 9.17) is 9.84 Å². The molecule has 1 aliphatic heterocycles. The van der Waals surface area contributed by atoms with Gasteiger partial charge in [-0.05, 0) is 6.92 Å². The van der Waals surface area contributed by atoms with Crippen LogP contribution in [0.3, 0.4) is 0 Å². The third-order valence-corrected chi connectivity index (χ3v) is 2.29. The van der Waals surface area contributed by atoms with Crippen molar-refractivity contribution in [1.29, 1.82) is 0 Å². The molecule has 0 bridgehead atoms. The highest BCUT2D eigenvalue weighted by Crippen LogP contribution is 2.21. The molecule has 3 N–H and O–H groups in total. The smallest absolute Gasteiger partial charge is 0.388 e. The predicted octanol–water partition coefficient (Wildman–Crippen LogP) is -0.478. The average Bonchev–Trinajstić information content (AvgIpc) is 2.11. The van der Waals surface area contributed by atoms with Gasteiger partial charge in [0.2, 0.25) is 0 Å². The van der Waals surface area contributed by atoms with Gasteiger partial charge >= 0.3 is 12.1 Å². The van der Waals surface area contributed by atoms with Crippen molar-refractivity contribution in [3.8, 4) is 0 Å².